The number of methoxy groups -OCH3 is 1. The van der Waals surface area contributed by atoms with Crippen LogP contribution in [0.25, 0.3) is 10.8 Å². The molecule has 0 radical (unpaired) electrons. The molecule has 0 amide bonds. The molecule has 4 aliphatic rings. The predicted molar refractivity (Wildman–Crippen MR) is 210 cm³/mol. The Morgan fingerprint density at radius 3 is 2.31 bits per heavy atom. The van der Waals surface area contributed by atoms with E-state index in [1.165, 1.54) is 38.5 Å². The van der Waals surface area contributed by atoms with Gasteiger partial charge in [0.15, 0.2) is 6.61 Å². The highest BCUT2D eigenvalue weighted by Crippen LogP contribution is 2.68. The monoisotopic (exact) mass is 736 g/mol. The second-order valence-corrected chi connectivity index (χ2v) is 17.7. The maximum atomic E-state index is 13.0. The minimum absolute atomic E-state index is 0.0867. The van der Waals surface area contributed by atoms with Crippen LogP contribution in [0.4, 0.5) is 0 Å². The molecule has 7 heteroatoms. The second-order valence-electron chi connectivity index (χ2n) is 17.7. The third-order valence-corrected chi connectivity index (χ3v) is 15.0. The Morgan fingerprint density at radius 1 is 0.778 bits per heavy atom. The maximum absolute atomic E-state index is 13.0. The Labute approximate surface area is 321 Å². The molecule has 0 spiro atoms. The first kappa shape index (κ1) is 38.4. The van der Waals surface area contributed by atoms with Crippen molar-refractivity contribution in [2.75, 3.05) is 13.7 Å². The summed E-state index contributed by atoms with van der Waals surface area (Å²) in [6.07, 6.45) is 11.7. The van der Waals surface area contributed by atoms with Crippen molar-refractivity contribution in [3.05, 3.63) is 77.9 Å². The molecule has 54 heavy (non-hydrogen) atoms. The minimum Gasteiger partial charge on any atom is -0.497 e. The van der Waals surface area contributed by atoms with E-state index in [9.17, 15) is 14.4 Å². The third-order valence-electron chi connectivity index (χ3n) is 15.0. The van der Waals surface area contributed by atoms with Crippen LogP contribution in [0.15, 0.2) is 66.7 Å². The number of ether oxygens (including phenoxy) is 4. The quantitative estimate of drug-likeness (QED) is 0.135. The van der Waals surface area contributed by atoms with E-state index in [-0.39, 0.29) is 24.1 Å². The number of carbonyl (C=O) groups excluding carboxylic acids is 3. The summed E-state index contributed by atoms with van der Waals surface area (Å²) in [6, 6.07) is 21.6. The molecular weight excluding hydrogens is 677 g/mol. The summed E-state index contributed by atoms with van der Waals surface area (Å²) < 4.78 is 22.4. The summed E-state index contributed by atoms with van der Waals surface area (Å²) in [5, 5.41) is 2.05. The Balaban J connectivity index is 0.875. The smallest absolute Gasteiger partial charge is 0.344 e. The first-order valence-electron chi connectivity index (χ1n) is 20.6. The Kier molecular flexibility index (Phi) is 11.4. The van der Waals surface area contributed by atoms with E-state index in [2.05, 4.69) is 20.8 Å². The van der Waals surface area contributed by atoms with Gasteiger partial charge in [0.25, 0.3) is 0 Å². The summed E-state index contributed by atoms with van der Waals surface area (Å²) in [6.45, 7) is 9.30. The number of hydrogen-bond donors (Lipinski definition) is 0. The summed E-state index contributed by atoms with van der Waals surface area (Å²) in [5.41, 5.74) is 2.48. The molecule has 3 aromatic carbocycles. The van der Waals surface area contributed by atoms with Gasteiger partial charge in [-0.2, -0.15) is 0 Å². The van der Waals surface area contributed by atoms with Crippen LogP contribution >= 0.6 is 0 Å². The molecule has 0 aromatic heterocycles. The topological polar surface area (TPSA) is 88.1 Å². The molecule has 7 rings (SSSR count). The van der Waals surface area contributed by atoms with Crippen molar-refractivity contribution in [2.24, 2.45) is 46.3 Å². The van der Waals surface area contributed by atoms with Gasteiger partial charge in [0, 0.05) is 6.42 Å². The normalized spacial score (nSPS) is 31.3. The van der Waals surface area contributed by atoms with Gasteiger partial charge in [-0.15, -0.1) is 0 Å². The van der Waals surface area contributed by atoms with Gasteiger partial charge >= 0.3 is 17.9 Å². The van der Waals surface area contributed by atoms with Crippen molar-refractivity contribution < 1.29 is 33.3 Å². The van der Waals surface area contributed by atoms with Crippen LogP contribution in [0, 0.1) is 46.3 Å². The highest BCUT2D eigenvalue weighted by atomic mass is 16.6. The average molecular weight is 737 g/mol. The molecule has 3 aromatic rings. The van der Waals surface area contributed by atoms with Gasteiger partial charge in [-0.3, -0.25) is 9.59 Å². The summed E-state index contributed by atoms with van der Waals surface area (Å²) in [7, 11) is 1.64. The van der Waals surface area contributed by atoms with Gasteiger partial charge in [-0.05, 0) is 152 Å². The van der Waals surface area contributed by atoms with Crippen LogP contribution in [0.5, 0.6) is 5.75 Å². The van der Waals surface area contributed by atoms with E-state index < -0.39 is 17.9 Å². The van der Waals surface area contributed by atoms with Crippen LogP contribution in [0.1, 0.15) is 115 Å². The largest absolute Gasteiger partial charge is 0.497 e. The highest BCUT2D eigenvalue weighted by Gasteiger charge is 2.60. The lowest BCUT2D eigenvalue weighted by Gasteiger charge is -2.61. The van der Waals surface area contributed by atoms with E-state index in [1.807, 2.05) is 73.7 Å². The van der Waals surface area contributed by atoms with Crippen molar-refractivity contribution in [1.29, 1.82) is 0 Å². The molecule has 0 bridgehead atoms. The van der Waals surface area contributed by atoms with Gasteiger partial charge in [-0.25, -0.2) is 4.79 Å². The van der Waals surface area contributed by atoms with Crippen LogP contribution < -0.4 is 4.74 Å². The van der Waals surface area contributed by atoms with E-state index in [1.54, 1.807) is 7.11 Å². The zero-order valence-electron chi connectivity index (χ0n) is 33.0. The molecule has 10 atom stereocenters. The number of rotatable bonds is 12. The second kappa shape index (κ2) is 16.1. The molecule has 4 aliphatic carbocycles. The zero-order chi connectivity index (χ0) is 38.0. The van der Waals surface area contributed by atoms with Gasteiger partial charge in [0.05, 0.1) is 13.0 Å². The number of esters is 3. The minimum atomic E-state index is -0.500. The Hall–Kier alpha value is -3.87. The van der Waals surface area contributed by atoms with E-state index in [0.717, 1.165) is 65.2 Å². The first-order chi connectivity index (χ1) is 26.0. The number of benzene rings is 3. The number of carbonyl (C=O) groups is 3. The van der Waals surface area contributed by atoms with E-state index in [0.29, 0.717) is 42.1 Å². The molecule has 0 N–H and O–H groups in total. The standard InChI is InChI=1S/C47H60O7/c1-30(11-20-43(48)52-28-32-9-7-6-8-10-32)40-18-19-41-39-17-15-36-27-38(21-23-46(36,3)42(39)22-24-47(40,41)4)54-44(49)29-53-45(50)31(2)33-12-13-35-26-37(51-5)16-14-34(35)25-33/h6-10,12-14,16,25-26,30-31,36,38-42H,11,15,17-24,27-29H2,1-5H3/t30-,31+,36-,38-,39+,40-,41+,42+,46+,47-/m1/s1. The lowest BCUT2D eigenvalue weighted by Crippen LogP contribution is -2.54. The fourth-order valence-corrected chi connectivity index (χ4v) is 11.9. The third kappa shape index (κ3) is 7.79. The van der Waals surface area contributed by atoms with Gasteiger partial charge in [-0.1, -0.05) is 75.4 Å². The van der Waals surface area contributed by atoms with Crippen molar-refractivity contribution in [2.45, 2.75) is 117 Å². The lowest BCUT2D eigenvalue weighted by molar-refractivity contribution is -0.171. The molecule has 0 saturated heterocycles. The SMILES string of the molecule is COc1ccc2cc([C@H](C)C(=O)OCC(=O)O[C@@H]3CC[C@@]4(C)[C@H](CC[C@@H]5[C@@H]4CC[C@]4(C)[C@@H]([C@H](C)CCC(=O)OCc6ccccc6)CC[C@@H]54)C3)ccc2c1. The molecule has 0 aliphatic heterocycles. The molecule has 290 valence electrons. The zero-order valence-corrected chi connectivity index (χ0v) is 33.0. The molecular formula is C47H60O7. The van der Waals surface area contributed by atoms with Crippen molar-refractivity contribution >= 4 is 28.7 Å². The molecule has 4 saturated carbocycles. The Morgan fingerprint density at radius 2 is 1.52 bits per heavy atom. The van der Waals surface area contributed by atoms with Gasteiger partial charge in [0.1, 0.15) is 18.5 Å². The van der Waals surface area contributed by atoms with Gasteiger partial charge in [0.2, 0.25) is 0 Å². The summed E-state index contributed by atoms with van der Waals surface area (Å²) in [4.78, 5) is 38.6. The Bertz CT molecular complexity index is 1800. The van der Waals surface area contributed by atoms with E-state index >= 15 is 0 Å². The fourth-order valence-electron chi connectivity index (χ4n) is 11.9. The van der Waals surface area contributed by atoms with Crippen molar-refractivity contribution in [1.82, 2.24) is 0 Å². The van der Waals surface area contributed by atoms with Crippen molar-refractivity contribution in [3.8, 4) is 5.75 Å². The number of fused-ring (bicyclic) bond motifs is 6. The average Bonchev–Trinajstić information content (AvgIpc) is 3.55. The predicted octanol–water partition coefficient (Wildman–Crippen LogP) is 10.2. The van der Waals surface area contributed by atoms with E-state index in [4.69, 9.17) is 18.9 Å². The molecule has 4 fully saturated rings. The van der Waals surface area contributed by atoms with Crippen LogP contribution in [-0.4, -0.2) is 37.7 Å². The highest BCUT2D eigenvalue weighted by molar-refractivity contribution is 5.87. The maximum Gasteiger partial charge on any atom is 0.344 e. The molecule has 0 heterocycles. The summed E-state index contributed by atoms with van der Waals surface area (Å²) >= 11 is 0. The first-order valence-corrected chi connectivity index (χ1v) is 20.6. The van der Waals surface area contributed by atoms with Gasteiger partial charge < -0.3 is 18.9 Å². The van der Waals surface area contributed by atoms with Crippen molar-refractivity contribution in [3.63, 3.8) is 0 Å². The van der Waals surface area contributed by atoms with Crippen LogP contribution in [-0.2, 0) is 35.2 Å². The fraction of sp³-hybridized carbons (Fsp3) is 0.596. The van der Waals surface area contributed by atoms with Crippen LogP contribution in [0.3, 0.4) is 0 Å². The number of hydrogen-bond acceptors (Lipinski definition) is 7. The molecule has 7 nitrogen and oxygen atoms in total. The lowest BCUT2D eigenvalue weighted by atomic mass is 9.44. The molecule has 0 unspecified atom stereocenters. The summed E-state index contributed by atoms with van der Waals surface area (Å²) in [5.74, 6) is 3.24. The van der Waals surface area contributed by atoms with Crippen LogP contribution in [0.2, 0.25) is 0 Å².